The number of nitrogens with zero attached hydrogens (tertiary/aromatic N) is 1. The number of rotatable bonds is 3. The van der Waals surface area contributed by atoms with E-state index in [1.54, 1.807) is 23.6 Å². The number of hydrazone groups is 1. The van der Waals surface area contributed by atoms with Crippen molar-refractivity contribution in [3.63, 3.8) is 0 Å². The first kappa shape index (κ1) is 13.1. The Morgan fingerprint density at radius 1 is 1.35 bits per heavy atom. The molecular weight excluding hydrogens is 340 g/mol. The highest BCUT2D eigenvalue weighted by Gasteiger charge is 2.11. The Kier molecular flexibility index (Phi) is 3.66. The van der Waals surface area contributed by atoms with Crippen molar-refractivity contribution in [2.75, 3.05) is 0 Å². The van der Waals surface area contributed by atoms with Crippen LogP contribution in [0.5, 0.6) is 0 Å². The van der Waals surface area contributed by atoms with Crippen LogP contribution >= 0.6 is 27.3 Å². The van der Waals surface area contributed by atoms with Gasteiger partial charge < -0.3 is 4.42 Å². The third kappa shape index (κ3) is 2.81. The van der Waals surface area contributed by atoms with Crippen LogP contribution in [-0.4, -0.2) is 12.1 Å². The molecule has 0 spiro atoms. The molecule has 100 valence electrons. The maximum absolute atomic E-state index is 11.9. The topological polar surface area (TPSA) is 54.6 Å². The molecule has 3 aromatic rings. The van der Waals surface area contributed by atoms with E-state index >= 15 is 0 Å². The molecule has 0 saturated carbocycles. The molecule has 0 saturated heterocycles. The monoisotopic (exact) mass is 348 g/mol. The van der Waals surface area contributed by atoms with Gasteiger partial charge in [0.25, 0.3) is 0 Å². The van der Waals surface area contributed by atoms with Crippen LogP contribution in [0.15, 0.2) is 55.8 Å². The largest absolute Gasteiger partial charge is 0.451 e. The minimum Gasteiger partial charge on any atom is -0.451 e. The molecule has 0 unspecified atom stereocenters. The van der Waals surface area contributed by atoms with E-state index in [1.807, 2.05) is 35.7 Å². The second kappa shape index (κ2) is 5.60. The highest BCUT2D eigenvalue weighted by Crippen LogP contribution is 2.23. The first-order chi connectivity index (χ1) is 9.72. The zero-order valence-corrected chi connectivity index (χ0v) is 12.6. The predicted octanol–water partition coefficient (Wildman–Crippen LogP) is 4.02. The van der Waals surface area contributed by atoms with Crippen molar-refractivity contribution in [1.29, 1.82) is 0 Å². The Hall–Kier alpha value is -1.92. The molecule has 1 N–H and O–H groups in total. The maximum Gasteiger partial charge on any atom is 0.307 e. The summed E-state index contributed by atoms with van der Waals surface area (Å²) in [6, 6.07) is 11.1. The summed E-state index contributed by atoms with van der Waals surface area (Å²) in [5.41, 5.74) is 3.11. The van der Waals surface area contributed by atoms with E-state index in [2.05, 4.69) is 26.5 Å². The molecule has 2 heterocycles. The smallest absolute Gasteiger partial charge is 0.307 e. The van der Waals surface area contributed by atoms with Gasteiger partial charge >= 0.3 is 5.91 Å². The minimum atomic E-state index is -0.370. The fourth-order valence-corrected chi connectivity index (χ4v) is 2.66. The highest BCUT2D eigenvalue weighted by molar-refractivity contribution is 9.10. The standard InChI is InChI=1S/C14H9BrN2O2S/c15-10-3-4-12-9(6-10)7-13(19-12)14(18)17-16-8-11-2-1-5-20-11/h1-8H,(H,17,18). The summed E-state index contributed by atoms with van der Waals surface area (Å²) in [5.74, 6) is -0.133. The van der Waals surface area contributed by atoms with Crippen LogP contribution in [0.3, 0.4) is 0 Å². The van der Waals surface area contributed by atoms with Crippen molar-refractivity contribution in [3.8, 4) is 0 Å². The SMILES string of the molecule is O=C(NN=Cc1cccs1)c1cc2cc(Br)ccc2o1. The molecule has 1 amide bonds. The van der Waals surface area contributed by atoms with Gasteiger partial charge in [-0.15, -0.1) is 11.3 Å². The quantitative estimate of drug-likeness (QED) is 0.574. The number of furan rings is 1. The van der Waals surface area contributed by atoms with Gasteiger partial charge in [-0.25, -0.2) is 5.43 Å². The van der Waals surface area contributed by atoms with Gasteiger partial charge in [-0.1, -0.05) is 22.0 Å². The van der Waals surface area contributed by atoms with Crippen LogP contribution in [0.4, 0.5) is 0 Å². The Morgan fingerprint density at radius 2 is 2.25 bits per heavy atom. The van der Waals surface area contributed by atoms with Crippen LogP contribution in [0.1, 0.15) is 15.4 Å². The average Bonchev–Trinajstić information content (AvgIpc) is 3.06. The molecule has 20 heavy (non-hydrogen) atoms. The van der Waals surface area contributed by atoms with Crippen molar-refractivity contribution in [3.05, 3.63) is 56.9 Å². The molecule has 0 aliphatic heterocycles. The molecule has 0 fully saturated rings. The molecule has 6 heteroatoms. The Bertz CT molecular complexity index is 778. The zero-order chi connectivity index (χ0) is 13.9. The van der Waals surface area contributed by atoms with Crippen molar-refractivity contribution in [2.24, 2.45) is 5.10 Å². The zero-order valence-electron chi connectivity index (χ0n) is 10.2. The summed E-state index contributed by atoms with van der Waals surface area (Å²) in [7, 11) is 0. The summed E-state index contributed by atoms with van der Waals surface area (Å²) >= 11 is 4.92. The average molecular weight is 349 g/mol. The van der Waals surface area contributed by atoms with Crippen LogP contribution in [0.2, 0.25) is 0 Å². The van der Waals surface area contributed by atoms with Gasteiger partial charge in [-0.05, 0) is 35.7 Å². The molecule has 0 bridgehead atoms. The Labute approximate surface area is 127 Å². The van der Waals surface area contributed by atoms with E-state index < -0.39 is 0 Å². The number of carbonyl (C=O) groups is 1. The number of nitrogens with one attached hydrogen (secondary N) is 1. The van der Waals surface area contributed by atoms with Crippen molar-refractivity contribution < 1.29 is 9.21 Å². The lowest BCUT2D eigenvalue weighted by atomic mass is 10.2. The second-order valence-electron chi connectivity index (χ2n) is 4.01. The number of fused-ring (bicyclic) bond motifs is 1. The molecule has 0 aliphatic carbocycles. The molecule has 0 aliphatic rings. The lowest BCUT2D eigenvalue weighted by molar-refractivity contribution is 0.0929. The first-order valence-electron chi connectivity index (χ1n) is 5.78. The van der Waals surface area contributed by atoms with Crippen LogP contribution in [0, 0.1) is 0 Å². The molecule has 0 radical (unpaired) electrons. The van der Waals surface area contributed by atoms with E-state index in [0.717, 1.165) is 14.7 Å². The predicted molar refractivity (Wildman–Crippen MR) is 83.3 cm³/mol. The number of thiophene rings is 1. The Morgan fingerprint density at radius 3 is 3.05 bits per heavy atom. The maximum atomic E-state index is 11.9. The number of amides is 1. The summed E-state index contributed by atoms with van der Waals surface area (Å²) in [5, 5.41) is 6.71. The molecule has 4 nitrogen and oxygen atoms in total. The summed E-state index contributed by atoms with van der Waals surface area (Å²) < 4.78 is 6.41. The molecule has 1 aromatic carbocycles. The van der Waals surface area contributed by atoms with Crippen LogP contribution in [-0.2, 0) is 0 Å². The number of halogens is 1. The summed E-state index contributed by atoms with van der Waals surface area (Å²) in [6.45, 7) is 0. The fourth-order valence-electron chi connectivity index (χ4n) is 1.70. The van der Waals surface area contributed by atoms with Gasteiger partial charge in [0.2, 0.25) is 0 Å². The van der Waals surface area contributed by atoms with E-state index in [4.69, 9.17) is 4.42 Å². The van der Waals surface area contributed by atoms with E-state index in [9.17, 15) is 4.79 Å². The fraction of sp³-hybridized carbons (Fsp3) is 0. The van der Waals surface area contributed by atoms with Crippen molar-refractivity contribution >= 4 is 50.4 Å². The number of benzene rings is 1. The van der Waals surface area contributed by atoms with Gasteiger partial charge in [0.15, 0.2) is 5.76 Å². The van der Waals surface area contributed by atoms with Crippen molar-refractivity contribution in [2.45, 2.75) is 0 Å². The summed E-state index contributed by atoms with van der Waals surface area (Å²) in [4.78, 5) is 12.9. The lowest BCUT2D eigenvalue weighted by Crippen LogP contribution is -2.16. The second-order valence-corrected chi connectivity index (χ2v) is 5.90. The van der Waals surface area contributed by atoms with Gasteiger partial charge in [-0.2, -0.15) is 5.10 Å². The Balaban J connectivity index is 1.75. The number of hydrogen-bond acceptors (Lipinski definition) is 4. The van der Waals surface area contributed by atoms with E-state index in [0.29, 0.717) is 5.58 Å². The van der Waals surface area contributed by atoms with Gasteiger partial charge in [-0.3, -0.25) is 4.79 Å². The highest BCUT2D eigenvalue weighted by atomic mass is 79.9. The summed E-state index contributed by atoms with van der Waals surface area (Å²) in [6.07, 6.45) is 1.60. The van der Waals surface area contributed by atoms with E-state index in [1.165, 1.54) is 0 Å². The van der Waals surface area contributed by atoms with Crippen LogP contribution in [0.25, 0.3) is 11.0 Å². The third-order valence-electron chi connectivity index (χ3n) is 2.60. The number of carbonyl (C=O) groups excluding carboxylic acids is 1. The molecular formula is C14H9BrN2O2S. The third-order valence-corrected chi connectivity index (χ3v) is 3.90. The van der Waals surface area contributed by atoms with Gasteiger partial charge in [0.1, 0.15) is 5.58 Å². The number of hydrogen-bond donors (Lipinski definition) is 1. The first-order valence-corrected chi connectivity index (χ1v) is 7.46. The van der Waals surface area contributed by atoms with Crippen molar-refractivity contribution in [1.82, 2.24) is 5.43 Å². The minimum absolute atomic E-state index is 0.237. The normalized spacial score (nSPS) is 11.2. The van der Waals surface area contributed by atoms with Gasteiger partial charge in [0, 0.05) is 14.7 Å². The van der Waals surface area contributed by atoms with Gasteiger partial charge in [0.05, 0.1) is 6.21 Å². The molecule has 0 atom stereocenters. The lowest BCUT2D eigenvalue weighted by Gasteiger charge is -1.93. The van der Waals surface area contributed by atoms with Crippen LogP contribution < -0.4 is 5.43 Å². The molecule has 3 rings (SSSR count). The van der Waals surface area contributed by atoms with E-state index in [-0.39, 0.29) is 11.7 Å². The molecule has 2 aromatic heterocycles.